The van der Waals surface area contributed by atoms with Gasteiger partial charge in [0.05, 0.1) is 25.7 Å². The molecule has 0 aliphatic heterocycles. The summed E-state index contributed by atoms with van der Waals surface area (Å²) in [7, 11) is 1.39. The molecule has 0 spiro atoms. The van der Waals surface area contributed by atoms with Gasteiger partial charge in [0.25, 0.3) is 5.56 Å². The van der Waals surface area contributed by atoms with Gasteiger partial charge in [0, 0.05) is 12.4 Å². The van der Waals surface area contributed by atoms with Gasteiger partial charge in [-0.15, -0.1) is 0 Å². The topological polar surface area (TPSA) is 61.4 Å². The Bertz CT molecular complexity index is 792. The summed E-state index contributed by atoms with van der Waals surface area (Å²) in [5.41, 5.74) is 1.25. The average molecular weight is 291 g/mol. The van der Waals surface area contributed by atoms with Crippen molar-refractivity contribution < 1.29 is 4.74 Å². The van der Waals surface area contributed by atoms with Crippen LogP contribution in [-0.4, -0.2) is 26.0 Å². The third kappa shape index (κ3) is 2.14. The van der Waals surface area contributed by atoms with Crippen LogP contribution >= 0.6 is 11.6 Å². The second-order valence-corrected chi connectivity index (χ2v) is 4.56. The van der Waals surface area contributed by atoms with Crippen molar-refractivity contribution >= 4 is 17.2 Å². The first-order chi connectivity index (χ1) is 9.69. The van der Waals surface area contributed by atoms with Crippen molar-refractivity contribution in [3.8, 4) is 5.75 Å². The molecule has 0 saturated carbocycles. The van der Waals surface area contributed by atoms with Gasteiger partial charge < -0.3 is 9.14 Å². The van der Waals surface area contributed by atoms with Gasteiger partial charge >= 0.3 is 0 Å². The largest absolute Gasteiger partial charge is 0.489 e. The van der Waals surface area contributed by atoms with Gasteiger partial charge in [0.2, 0.25) is 5.75 Å². The minimum atomic E-state index is -0.329. The van der Waals surface area contributed by atoms with Crippen LogP contribution in [0.4, 0.5) is 0 Å². The summed E-state index contributed by atoms with van der Waals surface area (Å²) in [6.07, 6.45) is 5.15. The van der Waals surface area contributed by atoms with Crippen molar-refractivity contribution in [3.05, 3.63) is 58.1 Å². The molecule has 0 atom stereocenters. The van der Waals surface area contributed by atoms with E-state index in [1.54, 1.807) is 0 Å². The molecule has 20 heavy (non-hydrogen) atoms. The normalized spacial score (nSPS) is 10.9. The van der Waals surface area contributed by atoms with E-state index in [0.717, 1.165) is 11.3 Å². The quantitative estimate of drug-likeness (QED) is 0.688. The highest BCUT2D eigenvalue weighted by atomic mass is 35.5. The molecule has 0 aromatic carbocycles. The summed E-state index contributed by atoms with van der Waals surface area (Å²) in [6.45, 7) is 0.307. The van der Waals surface area contributed by atoms with Crippen LogP contribution in [0.3, 0.4) is 0 Å². The van der Waals surface area contributed by atoms with Crippen molar-refractivity contribution in [2.24, 2.45) is 0 Å². The monoisotopic (exact) mass is 290 g/mol. The molecule has 0 aliphatic rings. The number of pyridine rings is 1. The number of ether oxygens (including phenoxy) is 1. The summed E-state index contributed by atoms with van der Waals surface area (Å²) in [4.78, 5) is 20.5. The van der Waals surface area contributed by atoms with Gasteiger partial charge in [-0.05, 0) is 12.1 Å². The molecule has 0 unspecified atom stereocenters. The Labute approximate surface area is 119 Å². The van der Waals surface area contributed by atoms with Crippen molar-refractivity contribution in [1.82, 2.24) is 18.9 Å². The molecule has 3 heterocycles. The van der Waals surface area contributed by atoms with Gasteiger partial charge in [-0.1, -0.05) is 17.7 Å². The molecule has 0 fully saturated rings. The second-order valence-electron chi connectivity index (χ2n) is 4.20. The maximum absolute atomic E-state index is 12.1. The Hall–Kier alpha value is -2.34. The van der Waals surface area contributed by atoms with Crippen LogP contribution in [0, 0.1) is 0 Å². The Morgan fingerprint density at radius 1 is 1.40 bits per heavy atom. The summed E-state index contributed by atoms with van der Waals surface area (Å²) in [6, 6.07) is 5.72. The average Bonchev–Trinajstić information content (AvgIpc) is 2.85. The lowest BCUT2D eigenvalue weighted by molar-refractivity contribution is 0.400. The molecule has 0 bridgehead atoms. The van der Waals surface area contributed by atoms with E-state index in [1.807, 2.05) is 35.0 Å². The van der Waals surface area contributed by atoms with Crippen LogP contribution < -0.4 is 10.3 Å². The number of imidazole rings is 1. The zero-order chi connectivity index (χ0) is 14.1. The first-order valence-corrected chi connectivity index (χ1v) is 6.28. The van der Waals surface area contributed by atoms with Gasteiger partial charge in [-0.25, -0.2) is 9.97 Å². The van der Waals surface area contributed by atoms with E-state index in [-0.39, 0.29) is 16.5 Å². The molecule has 0 radical (unpaired) electrons. The number of methoxy groups -OCH3 is 1. The zero-order valence-corrected chi connectivity index (χ0v) is 11.4. The van der Waals surface area contributed by atoms with Crippen molar-refractivity contribution in [1.29, 1.82) is 0 Å². The molecular weight excluding hydrogens is 280 g/mol. The highest BCUT2D eigenvalue weighted by molar-refractivity contribution is 6.30. The highest BCUT2D eigenvalue weighted by Gasteiger charge is 2.11. The summed E-state index contributed by atoms with van der Waals surface area (Å²) < 4.78 is 8.26. The van der Waals surface area contributed by atoms with Crippen molar-refractivity contribution in [2.75, 3.05) is 7.11 Å². The number of fused-ring (bicyclic) bond motifs is 1. The summed E-state index contributed by atoms with van der Waals surface area (Å²) >= 11 is 5.80. The van der Waals surface area contributed by atoms with Crippen LogP contribution in [-0.2, 0) is 6.54 Å². The molecular formula is C13H11ClN4O2. The SMILES string of the molecule is COc1c(Cl)ncn(Cc2cn3ccccc3n2)c1=O. The number of hydrogen-bond donors (Lipinski definition) is 0. The van der Waals surface area contributed by atoms with Crippen LogP contribution in [0.25, 0.3) is 5.65 Å². The molecule has 0 saturated heterocycles. The maximum Gasteiger partial charge on any atom is 0.297 e. The molecule has 0 aliphatic carbocycles. The van der Waals surface area contributed by atoms with Crippen LogP contribution in [0.5, 0.6) is 5.75 Å². The molecule has 7 heteroatoms. The number of nitrogens with zero attached hydrogens (tertiary/aromatic N) is 4. The van der Waals surface area contributed by atoms with Gasteiger partial charge in [-0.3, -0.25) is 9.36 Å². The van der Waals surface area contributed by atoms with E-state index in [2.05, 4.69) is 9.97 Å². The van der Waals surface area contributed by atoms with Gasteiger partial charge in [0.1, 0.15) is 5.65 Å². The summed E-state index contributed by atoms with van der Waals surface area (Å²) in [5.74, 6) is 0.0398. The van der Waals surface area contributed by atoms with Crippen molar-refractivity contribution in [2.45, 2.75) is 6.54 Å². The van der Waals surface area contributed by atoms with Crippen LogP contribution in [0.15, 0.2) is 41.7 Å². The van der Waals surface area contributed by atoms with Crippen LogP contribution in [0.2, 0.25) is 5.15 Å². The Morgan fingerprint density at radius 2 is 2.25 bits per heavy atom. The van der Waals surface area contributed by atoms with E-state index in [4.69, 9.17) is 16.3 Å². The lowest BCUT2D eigenvalue weighted by Crippen LogP contribution is -2.22. The van der Waals surface area contributed by atoms with Crippen molar-refractivity contribution in [3.63, 3.8) is 0 Å². The molecule has 0 amide bonds. The predicted molar refractivity (Wildman–Crippen MR) is 74.4 cm³/mol. The lowest BCUT2D eigenvalue weighted by Gasteiger charge is -2.06. The maximum atomic E-state index is 12.1. The van der Waals surface area contributed by atoms with Gasteiger partial charge in [-0.2, -0.15) is 0 Å². The standard InChI is InChI=1S/C13H11ClN4O2/c1-20-11-12(14)15-8-18(13(11)19)7-9-6-17-5-3-2-4-10(17)16-9/h2-6,8H,7H2,1H3. The Morgan fingerprint density at radius 3 is 3.00 bits per heavy atom. The molecule has 0 N–H and O–H groups in total. The minimum Gasteiger partial charge on any atom is -0.489 e. The number of aromatic nitrogens is 4. The zero-order valence-electron chi connectivity index (χ0n) is 10.7. The first kappa shape index (κ1) is 12.7. The predicted octanol–water partition coefficient (Wildman–Crippen LogP) is 1.60. The van der Waals surface area contributed by atoms with Gasteiger partial charge in [0.15, 0.2) is 5.15 Å². The second kappa shape index (κ2) is 4.97. The molecule has 3 aromatic heterocycles. The fourth-order valence-corrected chi connectivity index (χ4v) is 2.17. The molecule has 3 rings (SSSR count). The minimum absolute atomic E-state index is 0.0398. The smallest absolute Gasteiger partial charge is 0.297 e. The number of hydrogen-bond acceptors (Lipinski definition) is 4. The molecule has 3 aromatic rings. The fourth-order valence-electron chi connectivity index (χ4n) is 1.97. The first-order valence-electron chi connectivity index (χ1n) is 5.90. The number of rotatable bonds is 3. The molecule has 102 valence electrons. The van der Waals surface area contributed by atoms with E-state index in [1.165, 1.54) is 18.0 Å². The molecule has 6 nitrogen and oxygen atoms in total. The third-order valence-electron chi connectivity index (χ3n) is 2.90. The lowest BCUT2D eigenvalue weighted by atomic mass is 10.4. The van der Waals surface area contributed by atoms with E-state index >= 15 is 0 Å². The summed E-state index contributed by atoms with van der Waals surface area (Å²) in [5, 5.41) is 0.0590. The Kier molecular flexibility index (Phi) is 3.15. The van der Waals surface area contributed by atoms with E-state index < -0.39 is 0 Å². The number of halogens is 1. The third-order valence-corrected chi connectivity index (χ3v) is 3.17. The van der Waals surface area contributed by atoms with E-state index in [0.29, 0.717) is 6.54 Å². The highest BCUT2D eigenvalue weighted by Crippen LogP contribution is 2.15. The fraction of sp³-hybridized carbons (Fsp3) is 0.154. The van der Waals surface area contributed by atoms with Crippen LogP contribution in [0.1, 0.15) is 5.69 Å². The Balaban J connectivity index is 2.01. The van der Waals surface area contributed by atoms with E-state index in [9.17, 15) is 4.79 Å².